The van der Waals surface area contributed by atoms with Gasteiger partial charge in [-0.25, -0.2) is 0 Å². The highest BCUT2D eigenvalue weighted by atomic mass is 79.9. The molecule has 2 N–H and O–H groups in total. The molecule has 1 aromatic heterocycles. The summed E-state index contributed by atoms with van der Waals surface area (Å²) in [4.78, 5) is 29.8. The molecule has 3 rings (SSSR count). The van der Waals surface area contributed by atoms with Gasteiger partial charge in [0.25, 0.3) is 5.91 Å². The van der Waals surface area contributed by atoms with Crippen LogP contribution in [0.1, 0.15) is 30.3 Å². The number of carbonyl (C=O) groups excluding carboxylic acids is 2. The predicted molar refractivity (Wildman–Crippen MR) is 88.7 cm³/mol. The van der Waals surface area contributed by atoms with E-state index in [1.54, 1.807) is 4.90 Å². The first-order valence-corrected chi connectivity index (χ1v) is 8.27. The Morgan fingerprint density at radius 1 is 1.41 bits per heavy atom. The minimum Gasteiger partial charge on any atom is -0.353 e. The molecule has 0 radical (unpaired) electrons. The third-order valence-corrected chi connectivity index (χ3v) is 4.83. The first-order valence-electron chi connectivity index (χ1n) is 7.48. The third kappa shape index (κ3) is 2.52. The van der Waals surface area contributed by atoms with Gasteiger partial charge in [-0.05, 0) is 28.4 Å². The smallest absolute Gasteiger partial charge is 0.272 e. The number of hydrogen-bond donors (Lipinski definition) is 2. The number of H-pyrrole nitrogens is 1. The van der Waals surface area contributed by atoms with Gasteiger partial charge in [0.1, 0.15) is 11.7 Å². The molecule has 2 aromatic rings. The lowest BCUT2D eigenvalue weighted by molar-refractivity contribution is -0.128. The molecule has 1 aliphatic heterocycles. The Morgan fingerprint density at radius 2 is 2.18 bits per heavy atom. The van der Waals surface area contributed by atoms with Crippen LogP contribution in [0.2, 0.25) is 0 Å². The van der Waals surface area contributed by atoms with Crippen molar-refractivity contribution in [2.75, 3.05) is 13.1 Å². The van der Waals surface area contributed by atoms with Gasteiger partial charge in [0, 0.05) is 24.0 Å². The third-order valence-electron chi connectivity index (χ3n) is 4.01. The van der Waals surface area contributed by atoms with E-state index in [1.807, 2.05) is 31.2 Å². The average molecular weight is 364 g/mol. The molecule has 5 nitrogen and oxygen atoms in total. The van der Waals surface area contributed by atoms with Crippen molar-refractivity contribution in [2.24, 2.45) is 0 Å². The SMILES string of the molecule is CCCC1C(=O)NCCN1C(=O)c1[nH]c2ccccc2c1Br. The van der Waals surface area contributed by atoms with Crippen LogP contribution in [-0.2, 0) is 4.79 Å². The van der Waals surface area contributed by atoms with Gasteiger partial charge in [-0.1, -0.05) is 31.5 Å². The molecule has 22 heavy (non-hydrogen) atoms. The van der Waals surface area contributed by atoms with Crippen molar-refractivity contribution < 1.29 is 9.59 Å². The zero-order valence-corrected chi connectivity index (χ0v) is 13.9. The van der Waals surface area contributed by atoms with Gasteiger partial charge in [0.15, 0.2) is 0 Å². The molecule has 0 saturated carbocycles. The maximum atomic E-state index is 12.9. The summed E-state index contributed by atoms with van der Waals surface area (Å²) in [6.45, 7) is 3.06. The molecule has 1 saturated heterocycles. The van der Waals surface area contributed by atoms with Crippen LogP contribution in [0.25, 0.3) is 10.9 Å². The minimum absolute atomic E-state index is 0.0614. The number of amides is 2. The maximum Gasteiger partial charge on any atom is 0.272 e. The molecular formula is C16H18BrN3O2. The topological polar surface area (TPSA) is 65.2 Å². The van der Waals surface area contributed by atoms with E-state index < -0.39 is 0 Å². The number of aromatic amines is 1. The van der Waals surface area contributed by atoms with E-state index in [0.717, 1.165) is 21.8 Å². The number of carbonyl (C=O) groups is 2. The van der Waals surface area contributed by atoms with Crippen LogP contribution in [0, 0.1) is 0 Å². The quantitative estimate of drug-likeness (QED) is 0.880. The number of piperazine rings is 1. The molecule has 1 aliphatic rings. The van der Waals surface area contributed by atoms with Gasteiger partial charge in [-0.15, -0.1) is 0 Å². The van der Waals surface area contributed by atoms with Gasteiger partial charge in [0.2, 0.25) is 5.91 Å². The van der Waals surface area contributed by atoms with Crippen LogP contribution < -0.4 is 5.32 Å². The van der Waals surface area contributed by atoms with E-state index in [2.05, 4.69) is 26.2 Å². The molecule has 0 spiro atoms. The summed E-state index contributed by atoms with van der Waals surface area (Å²) < 4.78 is 0.759. The van der Waals surface area contributed by atoms with Crippen molar-refractivity contribution in [1.82, 2.24) is 15.2 Å². The summed E-state index contributed by atoms with van der Waals surface area (Å²) in [6.07, 6.45) is 1.53. The summed E-state index contributed by atoms with van der Waals surface area (Å²) in [5.41, 5.74) is 1.42. The lowest BCUT2D eigenvalue weighted by Crippen LogP contribution is -2.57. The average Bonchev–Trinajstić information content (AvgIpc) is 2.86. The Balaban J connectivity index is 1.97. The monoisotopic (exact) mass is 363 g/mol. The van der Waals surface area contributed by atoms with Crippen LogP contribution in [0.5, 0.6) is 0 Å². The molecule has 116 valence electrons. The fourth-order valence-corrected chi connectivity index (χ4v) is 3.53. The fraction of sp³-hybridized carbons (Fsp3) is 0.375. The molecule has 1 unspecified atom stereocenters. The van der Waals surface area contributed by atoms with E-state index in [1.165, 1.54) is 0 Å². The summed E-state index contributed by atoms with van der Waals surface area (Å²) in [6, 6.07) is 7.36. The second-order valence-corrected chi connectivity index (χ2v) is 6.25. The van der Waals surface area contributed by atoms with Crippen molar-refractivity contribution in [2.45, 2.75) is 25.8 Å². The molecule has 0 bridgehead atoms. The van der Waals surface area contributed by atoms with Gasteiger partial charge >= 0.3 is 0 Å². The number of para-hydroxylation sites is 1. The van der Waals surface area contributed by atoms with E-state index >= 15 is 0 Å². The predicted octanol–water partition coefficient (Wildman–Crippen LogP) is 2.67. The fourth-order valence-electron chi connectivity index (χ4n) is 2.92. The lowest BCUT2D eigenvalue weighted by atomic mass is 10.1. The standard InChI is InChI=1S/C16H18BrN3O2/c1-2-5-12-15(21)18-8-9-20(12)16(22)14-13(17)10-6-3-4-7-11(10)19-14/h3-4,6-7,12,19H,2,5,8-9H2,1H3,(H,18,21). The Bertz CT molecular complexity index is 725. The summed E-state index contributed by atoms with van der Waals surface area (Å²) in [5.74, 6) is -0.190. The van der Waals surface area contributed by atoms with Crippen LogP contribution in [0.15, 0.2) is 28.7 Å². The molecule has 1 fully saturated rings. The Morgan fingerprint density at radius 3 is 2.91 bits per heavy atom. The number of aromatic nitrogens is 1. The van der Waals surface area contributed by atoms with Crippen LogP contribution in [-0.4, -0.2) is 40.8 Å². The Kier molecular flexibility index (Phi) is 4.20. The van der Waals surface area contributed by atoms with Crippen molar-refractivity contribution >= 4 is 38.6 Å². The van der Waals surface area contributed by atoms with E-state index in [9.17, 15) is 9.59 Å². The molecule has 6 heteroatoms. The lowest BCUT2D eigenvalue weighted by Gasteiger charge is -2.34. The molecular weight excluding hydrogens is 346 g/mol. The number of hydrogen-bond acceptors (Lipinski definition) is 2. The number of nitrogens with one attached hydrogen (secondary N) is 2. The molecule has 1 aromatic carbocycles. The highest BCUT2D eigenvalue weighted by Gasteiger charge is 2.34. The van der Waals surface area contributed by atoms with Gasteiger partial charge in [0.05, 0.1) is 4.47 Å². The minimum atomic E-state index is -0.385. The van der Waals surface area contributed by atoms with Gasteiger partial charge < -0.3 is 15.2 Å². The van der Waals surface area contributed by atoms with Gasteiger partial charge in [-0.3, -0.25) is 9.59 Å². The van der Waals surface area contributed by atoms with Crippen molar-refractivity contribution in [3.8, 4) is 0 Å². The van der Waals surface area contributed by atoms with E-state index in [0.29, 0.717) is 25.2 Å². The van der Waals surface area contributed by atoms with Crippen LogP contribution >= 0.6 is 15.9 Å². The van der Waals surface area contributed by atoms with Crippen LogP contribution in [0.3, 0.4) is 0 Å². The molecule has 0 aliphatic carbocycles. The number of halogens is 1. The normalized spacial score (nSPS) is 18.5. The summed E-state index contributed by atoms with van der Waals surface area (Å²) >= 11 is 3.51. The zero-order valence-electron chi connectivity index (χ0n) is 12.4. The second-order valence-electron chi connectivity index (χ2n) is 5.45. The number of benzene rings is 1. The second kappa shape index (κ2) is 6.12. The van der Waals surface area contributed by atoms with Crippen LogP contribution in [0.4, 0.5) is 0 Å². The number of rotatable bonds is 3. The first kappa shape index (κ1) is 15.1. The Labute approximate surface area is 137 Å². The van der Waals surface area contributed by atoms with E-state index in [4.69, 9.17) is 0 Å². The van der Waals surface area contributed by atoms with Crippen molar-refractivity contribution in [3.63, 3.8) is 0 Å². The molecule has 2 heterocycles. The molecule has 1 atom stereocenters. The maximum absolute atomic E-state index is 12.9. The zero-order chi connectivity index (χ0) is 15.7. The highest BCUT2D eigenvalue weighted by molar-refractivity contribution is 9.10. The summed E-state index contributed by atoms with van der Waals surface area (Å²) in [7, 11) is 0. The summed E-state index contributed by atoms with van der Waals surface area (Å²) in [5, 5.41) is 3.81. The number of nitrogens with zero attached hydrogens (tertiary/aromatic N) is 1. The van der Waals surface area contributed by atoms with Crippen molar-refractivity contribution in [3.05, 3.63) is 34.4 Å². The molecule has 2 amide bonds. The Hall–Kier alpha value is -1.82. The first-order chi connectivity index (χ1) is 10.6. The van der Waals surface area contributed by atoms with E-state index in [-0.39, 0.29) is 17.9 Å². The number of fused-ring (bicyclic) bond motifs is 1. The van der Waals surface area contributed by atoms with Crippen molar-refractivity contribution in [1.29, 1.82) is 0 Å². The van der Waals surface area contributed by atoms with Gasteiger partial charge in [-0.2, -0.15) is 0 Å². The highest BCUT2D eigenvalue weighted by Crippen LogP contribution is 2.29. The largest absolute Gasteiger partial charge is 0.353 e.